The molecule has 2 fully saturated rings. The molecule has 2 heterocycles. The molecule has 2 amide bonds. The van der Waals surface area contributed by atoms with Crippen molar-refractivity contribution in [2.45, 2.75) is 43.7 Å². The predicted molar refractivity (Wildman–Crippen MR) is 90.4 cm³/mol. The molecule has 0 radical (unpaired) electrons. The largest absolute Gasteiger partial charge is 0.385 e. The maximum atomic E-state index is 12.3. The summed E-state index contributed by atoms with van der Waals surface area (Å²) in [5.41, 5.74) is -0.433. The van der Waals surface area contributed by atoms with Crippen molar-refractivity contribution in [2.75, 3.05) is 46.2 Å². The fourth-order valence-electron chi connectivity index (χ4n) is 3.28. The van der Waals surface area contributed by atoms with Crippen LogP contribution in [0.4, 0.5) is 4.79 Å². The molecule has 0 saturated carbocycles. The lowest BCUT2D eigenvalue weighted by molar-refractivity contribution is 0.106. The van der Waals surface area contributed by atoms with E-state index in [1.54, 1.807) is 7.11 Å². The molecule has 24 heavy (non-hydrogen) atoms. The van der Waals surface area contributed by atoms with Gasteiger partial charge in [-0.15, -0.1) is 0 Å². The van der Waals surface area contributed by atoms with E-state index in [0.717, 1.165) is 19.4 Å². The maximum Gasteiger partial charge on any atom is 0.315 e. The molecule has 9 heteroatoms. The number of nitrogens with one attached hydrogen (secondary N) is 2. The highest BCUT2D eigenvalue weighted by Gasteiger charge is 2.38. The maximum absolute atomic E-state index is 12.3. The zero-order chi connectivity index (χ0) is 17.6. The molecule has 2 aliphatic rings. The van der Waals surface area contributed by atoms with Crippen molar-refractivity contribution in [3.05, 3.63) is 0 Å². The second-order valence-corrected chi connectivity index (χ2v) is 8.64. The van der Waals surface area contributed by atoms with Crippen LogP contribution in [0.15, 0.2) is 0 Å². The van der Waals surface area contributed by atoms with Crippen LogP contribution in [0, 0.1) is 0 Å². The third-order valence-electron chi connectivity index (χ3n) is 4.83. The van der Waals surface area contributed by atoms with Crippen molar-refractivity contribution in [1.29, 1.82) is 0 Å². The molecule has 0 aliphatic carbocycles. The molecule has 0 aromatic rings. The lowest BCUT2D eigenvalue weighted by atomic mass is 9.85. The number of rotatable bonds is 7. The van der Waals surface area contributed by atoms with Gasteiger partial charge in [0, 0.05) is 45.5 Å². The third-order valence-corrected chi connectivity index (χ3v) is 6.13. The topological polar surface area (TPSA) is 97.0 Å². The van der Waals surface area contributed by atoms with Crippen LogP contribution in [0.1, 0.15) is 32.1 Å². The molecule has 1 unspecified atom stereocenters. The summed E-state index contributed by atoms with van der Waals surface area (Å²) in [7, 11) is -1.57. The fourth-order valence-corrected chi connectivity index (χ4v) is 4.12. The molecule has 1 atom stereocenters. The lowest BCUT2D eigenvalue weighted by Gasteiger charge is -2.41. The van der Waals surface area contributed by atoms with Crippen molar-refractivity contribution in [3.63, 3.8) is 0 Å². The van der Waals surface area contributed by atoms with E-state index in [-0.39, 0.29) is 12.1 Å². The van der Waals surface area contributed by atoms with Gasteiger partial charge in [-0.25, -0.2) is 17.5 Å². The van der Waals surface area contributed by atoms with E-state index in [9.17, 15) is 13.2 Å². The van der Waals surface area contributed by atoms with Crippen LogP contribution >= 0.6 is 0 Å². The van der Waals surface area contributed by atoms with Gasteiger partial charge < -0.3 is 20.1 Å². The number of hydrogen-bond acceptors (Lipinski definition) is 5. The molecule has 2 aliphatic heterocycles. The molecule has 2 saturated heterocycles. The van der Waals surface area contributed by atoms with Crippen molar-refractivity contribution >= 4 is 16.1 Å². The van der Waals surface area contributed by atoms with Gasteiger partial charge in [0.25, 0.3) is 0 Å². The van der Waals surface area contributed by atoms with Gasteiger partial charge in [0.2, 0.25) is 10.0 Å². The molecule has 0 aromatic heterocycles. The number of hydrogen-bond donors (Lipinski definition) is 2. The number of carbonyl (C=O) groups excluding carboxylic acids is 1. The second kappa shape index (κ2) is 8.46. The summed E-state index contributed by atoms with van der Waals surface area (Å²) in [6.07, 6.45) is 5.14. The van der Waals surface area contributed by atoms with Crippen LogP contribution in [0.2, 0.25) is 0 Å². The van der Waals surface area contributed by atoms with E-state index in [2.05, 4.69) is 10.6 Å². The smallest absolute Gasteiger partial charge is 0.315 e. The standard InChI is InChI=1S/C15H29N3O5S/c1-22-11-7-15(5-8-18(9-6-15)24(2,20)21)17-14(19)16-12-13-4-3-10-23-13/h13H,3-12H2,1-2H3,(H2,16,17,19). The quantitative estimate of drug-likeness (QED) is 0.678. The van der Waals surface area contributed by atoms with Crippen LogP contribution < -0.4 is 10.6 Å². The van der Waals surface area contributed by atoms with Gasteiger partial charge in [0.1, 0.15) is 0 Å². The Kier molecular flexibility index (Phi) is 6.85. The van der Waals surface area contributed by atoms with Crippen molar-refractivity contribution in [3.8, 4) is 0 Å². The molecule has 0 bridgehead atoms. The Morgan fingerprint density at radius 2 is 2.08 bits per heavy atom. The monoisotopic (exact) mass is 363 g/mol. The molecule has 2 N–H and O–H groups in total. The van der Waals surface area contributed by atoms with Gasteiger partial charge >= 0.3 is 6.03 Å². The van der Waals surface area contributed by atoms with E-state index in [0.29, 0.717) is 45.5 Å². The van der Waals surface area contributed by atoms with Gasteiger partial charge in [-0.05, 0) is 32.1 Å². The second-order valence-electron chi connectivity index (χ2n) is 6.66. The number of piperidine rings is 1. The van der Waals surface area contributed by atoms with E-state index in [1.165, 1.54) is 10.6 Å². The predicted octanol–water partition coefficient (Wildman–Crippen LogP) is 0.295. The molecule has 140 valence electrons. The number of ether oxygens (including phenoxy) is 2. The minimum absolute atomic E-state index is 0.0951. The van der Waals surface area contributed by atoms with Crippen molar-refractivity contribution < 1.29 is 22.7 Å². The van der Waals surface area contributed by atoms with E-state index >= 15 is 0 Å². The number of urea groups is 1. The van der Waals surface area contributed by atoms with Crippen LogP contribution in [-0.2, 0) is 19.5 Å². The summed E-state index contributed by atoms with van der Waals surface area (Å²) in [5.74, 6) is 0. The Balaban J connectivity index is 1.88. The normalized spacial score (nSPS) is 24.7. The highest BCUT2D eigenvalue weighted by Crippen LogP contribution is 2.27. The SMILES string of the molecule is COCCC1(NC(=O)NCC2CCCO2)CCN(S(C)(=O)=O)CC1. The first-order valence-electron chi connectivity index (χ1n) is 8.46. The summed E-state index contributed by atoms with van der Waals surface area (Å²) in [6, 6.07) is -0.227. The van der Waals surface area contributed by atoms with Gasteiger partial charge in [0.15, 0.2) is 0 Å². The average Bonchev–Trinajstić information content (AvgIpc) is 3.04. The summed E-state index contributed by atoms with van der Waals surface area (Å²) < 4.78 is 35.5. The number of methoxy groups -OCH3 is 1. The first kappa shape index (κ1) is 19.4. The molecular formula is C15H29N3O5S. The molecule has 8 nitrogen and oxygen atoms in total. The Morgan fingerprint density at radius 3 is 2.62 bits per heavy atom. The highest BCUT2D eigenvalue weighted by atomic mass is 32.2. The number of amides is 2. The summed E-state index contributed by atoms with van der Waals surface area (Å²) in [5, 5.41) is 5.92. The fraction of sp³-hybridized carbons (Fsp3) is 0.933. The zero-order valence-electron chi connectivity index (χ0n) is 14.5. The first-order valence-corrected chi connectivity index (χ1v) is 10.3. The number of carbonyl (C=O) groups is 1. The summed E-state index contributed by atoms with van der Waals surface area (Å²) in [4.78, 5) is 12.3. The molecule has 0 aromatic carbocycles. The highest BCUT2D eigenvalue weighted by molar-refractivity contribution is 7.88. The molecular weight excluding hydrogens is 334 g/mol. The van der Waals surface area contributed by atoms with Crippen LogP contribution in [0.5, 0.6) is 0 Å². The average molecular weight is 363 g/mol. The van der Waals surface area contributed by atoms with Gasteiger partial charge in [-0.1, -0.05) is 0 Å². The molecule has 2 rings (SSSR count). The van der Waals surface area contributed by atoms with Gasteiger partial charge in [0.05, 0.1) is 12.4 Å². The Morgan fingerprint density at radius 1 is 1.38 bits per heavy atom. The Hall–Kier alpha value is -0.900. The van der Waals surface area contributed by atoms with Crippen LogP contribution in [0.3, 0.4) is 0 Å². The minimum atomic E-state index is -3.19. The third kappa shape index (κ3) is 5.58. The first-order chi connectivity index (χ1) is 11.3. The zero-order valence-corrected chi connectivity index (χ0v) is 15.4. The van der Waals surface area contributed by atoms with Crippen LogP contribution in [-0.4, -0.2) is 76.6 Å². The van der Waals surface area contributed by atoms with Crippen LogP contribution in [0.25, 0.3) is 0 Å². The van der Waals surface area contributed by atoms with E-state index in [1.807, 2.05) is 0 Å². The lowest BCUT2D eigenvalue weighted by Crippen LogP contribution is -2.58. The van der Waals surface area contributed by atoms with Gasteiger partial charge in [-0.3, -0.25) is 0 Å². The summed E-state index contributed by atoms with van der Waals surface area (Å²) >= 11 is 0. The number of sulfonamides is 1. The van der Waals surface area contributed by atoms with Gasteiger partial charge in [-0.2, -0.15) is 0 Å². The number of nitrogens with zero attached hydrogens (tertiary/aromatic N) is 1. The van der Waals surface area contributed by atoms with Crippen molar-refractivity contribution in [2.24, 2.45) is 0 Å². The van der Waals surface area contributed by atoms with E-state index in [4.69, 9.17) is 9.47 Å². The Labute approximate surface area is 144 Å². The van der Waals surface area contributed by atoms with E-state index < -0.39 is 15.6 Å². The minimum Gasteiger partial charge on any atom is -0.385 e. The van der Waals surface area contributed by atoms with Crippen molar-refractivity contribution in [1.82, 2.24) is 14.9 Å². The molecule has 0 spiro atoms. The summed E-state index contributed by atoms with van der Waals surface area (Å²) in [6.45, 7) is 2.60. The Bertz CT molecular complexity index is 511.